The third kappa shape index (κ3) is 2.99. The van der Waals surface area contributed by atoms with E-state index in [1.165, 1.54) is 5.56 Å². The number of anilines is 2. The third-order valence-corrected chi connectivity index (χ3v) is 3.12. The van der Waals surface area contributed by atoms with Gasteiger partial charge in [0.05, 0.1) is 25.0 Å². The van der Waals surface area contributed by atoms with E-state index in [0.29, 0.717) is 12.4 Å². The van der Waals surface area contributed by atoms with Gasteiger partial charge in [-0.1, -0.05) is 13.0 Å². The smallest absolute Gasteiger partial charge is 0.145 e. The lowest BCUT2D eigenvalue weighted by atomic mass is 10.1. The van der Waals surface area contributed by atoms with Crippen molar-refractivity contribution in [3.8, 4) is 5.75 Å². The number of hydrogen-bond acceptors (Lipinski definition) is 4. The van der Waals surface area contributed by atoms with Gasteiger partial charge < -0.3 is 15.4 Å². The number of benzene rings is 1. The van der Waals surface area contributed by atoms with E-state index in [9.17, 15) is 0 Å². The highest BCUT2D eigenvalue weighted by Crippen LogP contribution is 2.29. The highest BCUT2D eigenvalue weighted by atomic mass is 16.5. The molecule has 2 rings (SSSR count). The maximum Gasteiger partial charge on any atom is 0.145 e. The van der Waals surface area contributed by atoms with Gasteiger partial charge in [-0.2, -0.15) is 5.10 Å². The Morgan fingerprint density at radius 1 is 1.37 bits per heavy atom. The molecule has 0 radical (unpaired) electrons. The van der Waals surface area contributed by atoms with Crippen molar-refractivity contribution >= 4 is 11.5 Å². The van der Waals surface area contributed by atoms with Crippen LogP contribution in [0.25, 0.3) is 0 Å². The molecule has 1 heterocycles. The molecule has 0 amide bonds. The van der Waals surface area contributed by atoms with Gasteiger partial charge in [0.15, 0.2) is 0 Å². The molecule has 1 aromatic carbocycles. The van der Waals surface area contributed by atoms with Crippen molar-refractivity contribution in [2.75, 3.05) is 24.8 Å². The summed E-state index contributed by atoms with van der Waals surface area (Å²) >= 11 is 0. The first-order valence-electron chi connectivity index (χ1n) is 6.31. The Balaban J connectivity index is 2.23. The molecule has 2 aromatic rings. The van der Waals surface area contributed by atoms with Crippen LogP contribution in [0, 0.1) is 0 Å². The zero-order valence-corrected chi connectivity index (χ0v) is 11.6. The Bertz CT molecular complexity index is 550. The number of H-pyrrole nitrogens is 1. The van der Waals surface area contributed by atoms with Crippen LogP contribution in [0.3, 0.4) is 0 Å². The van der Waals surface area contributed by atoms with Crippen molar-refractivity contribution in [3.63, 3.8) is 0 Å². The molecule has 1 aromatic heterocycles. The number of ether oxygens (including phenoxy) is 1. The van der Waals surface area contributed by atoms with E-state index in [2.05, 4.69) is 34.2 Å². The van der Waals surface area contributed by atoms with E-state index in [-0.39, 0.29) is 0 Å². The quantitative estimate of drug-likeness (QED) is 0.865. The van der Waals surface area contributed by atoms with Gasteiger partial charge in [-0.25, -0.2) is 0 Å². The third-order valence-electron chi connectivity index (χ3n) is 3.12. The number of aryl methyl sites for hydroxylation is 1. The summed E-state index contributed by atoms with van der Waals surface area (Å²) in [5.41, 5.74) is 8.93. The number of aromatic nitrogens is 2. The number of nitrogen functional groups attached to an aromatic ring is 1. The molecule has 0 aliphatic carbocycles. The standard InChI is InChI=1S/C14H20N4O/c1-4-10-5-6-13(19-3)12(7-10)18(2)9-11-8-14(15)17-16-11/h5-8H,4,9H2,1-3H3,(H3,15,16,17). The van der Waals surface area contributed by atoms with Crippen LogP contribution in [0.5, 0.6) is 5.75 Å². The number of nitrogens with zero attached hydrogens (tertiary/aromatic N) is 2. The zero-order valence-electron chi connectivity index (χ0n) is 11.6. The fourth-order valence-corrected chi connectivity index (χ4v) is 2.05. The average molecular weight is 260 g/mol. The van der Waals surface area contributed by atoms with Crippen molar-refractivity contribution in [2.45, 2.75) is 19.9 Å². The minimum Gasteiger partial charge on any atom is -0.495 e. The lowest BCUT2D eigenvalue weighted by Crippen LogP contribution is -2.17. The van der Waals surface area contributed by atoms with E-state index in [0.717, 1.165) is 23.6 Å². The van der Waals surface area contributed by atoms with Gasteiger partial charge in [0.2, 0.25) is 0 Å². The van der Waals surface area contributed by atoms with Crippen molar-refractivity contribution in [1.82, 2.24) is 10.2 Å². The molecule has 0 spiro atoms. The average Bonchev–Trinajstić information content (AvgIpc) is 2.83. The Hall–Kier alpha value is -2.17. The molecular weight excluding hydrogens is 240 g/mol. The lowest BCUT2D eigenvalue weighted by molar-refractivity contribution is 0.414. The van der Waals surface area contributed by atoms with Crippen molar-refractivity contribution < 1.29 is 4.74 Å². The molecule has 19 heavy (non-hydrogen) atoms. The lowest BCUT2D eigenvalue weighted by Gasteiger charge is -2.21. The zero-order chi connectivity index (χ0) is 13.8. The summed E-state index contributed by atoms with van der Waals surface area (Å²) in [5, 5.41) is 6.85. The number of nitrogens with two attached hydrogens (primary N) is 1. The predicted octanol–water partition coefficient (Wildman–Crippen LogP) is 2.20. The second-order valence-corrected chi connectivity index (χ2v) is 4.53. The molecule has 0 aliphatic rings. The number of methoxy groups -OCH3 is 1. The minimum atomic E-state index is 0.512. The number of rotatable bonds is 5. The van der Waals surface area contributed by atoms with Crippen molar-refractivity contribution in [3.05, 3.63) is 35.5 Å². The molecule has 102 valence electrons. The molecule has 0 unspecified atom stereocenters. The summed E-state index contributed by atoms with van der Waals surface area (Å²) in [4.78, 5) is 2.12. The van der Waals surface area contributed by atoms with E-state index < -0.39 is 0 Å². The van der Waals surface area contributed by atoms with Gasteiger partial charge in [-0.05, 0) is 24.1 Å². The Labute approximate surface area is 113 Å². The Kier molecular flexibility index (Phi) is 3.94. The van der Waals surface area contributed by atoms with Crippen LogP contribution in [0.1, 0.15) is 18.2 Å². The maximum atomic E-state index is 5.61. The second-order valence-electron chi connectivity index (χ2n) is 4.53. The van der Waals surface area contributed by atoms with E-state index in [4.69, 9.17) is 10.5 Å². The van der Waals surface area contributed by atoms with Crippen LogP contribution in [0.15, 0.2) is 24.3 Å². The normalized spacial score (nSPS) is 10.5. The number of aromatic amines is 1. The van der Waals surface area contributed by atoms with Gasteiger partial charge in [0, 0.05) is 13.1 Å². The predicted molar refractivity (Wildman–Crippen MR) is 77.5 cm³/mol. The minimum absolute atomic E-state index is 0.512. The molecular formula is C14H20N4O. The number of hydrogen-bond donors (Lipinski definition) is 2. The molecule has 0 aliphatic heterocycles. The first-order valence-corrected chi connectivity index (χ1v) is 6.31. The summed E-state index contributed by atoms with van der Waals surface area (Å²) in [5.74, 6) is 1.38. The van der Waals surface area contributed by atoms with Gasteiger partial charge >= 0.3 is 0 Å². The van der Waals surface area contributed by atoms with Crippen LogP contribution in [-0.2, 0) is 13.0 Å². The van der Waals surface area contributed by atoms with Crippen molar-refractivity contribution in [1.29, 1.82) is 0 Å². The molecule has 0 bridgehead atoms. The topological polar surface area (TPSA) is 67.2 Å². The van der Waals surface area contributed by atoms with Crippen LogP contribution >= 0.6 is 0 Å². The molecule has 5 nitrogen and oxygen atoms in total. The van der Waals surface area contributed by atoms with Crippen LogP contribution in [0.2, 0.25) is 0 Å². The Morgan fingerprint density at radius 3 is 2.74 bits per heavy atom. The van der Waals surface area contributed by atoms with Gasteiger partial charge in [0.1, 0.15) is 11.6 Å². The van der Waals surface area contributed by atoms with Crippen LogP contribution < -0.4 is 15.4 Å². The van der Waals surface area contributed by atoms with Crippen LogP contribution in [-0.4, -0.2) is 24.4 Å². The summed E-state index contributed by atoms with van der Waals surface area (Å²) < 4.78 is 5.42. The highest BCUT2D eigenvalue weighted by Gasteiger charge is 2.10. The monoisotopic (exact) mass is 260 g/mol. The van der Waals surface area contributed by atoms with Crippen molar-refractivity contribution in [2.24, 2.45) is 0 Å². The van der Waals surface area contributed by atoms with Crippen LogP contribution in [0.4, 0.5) is 11.5 Å². The fraction of sp³-hybridized carbons (Fsp3) is 0.357. The molecule has 5 heteroatoms. The number of nitrogens with one attached hydrogen (secondary N) is 1. The first-order chi connectivity index (χ1) is 9.13. The summed E-state index contributed by atoms with van der Waals surface area (Å²) in [7, 11) is 3.71. The molecule has 3 N–H and O–H groups in total. The molecule has 0 fully saturated rings. The first kappa shape index (κ1) is 13.3. The SMILES string of the molecule is CCc1ccc(OC)c(N(C)Cc2cc(N)n[nH]2)c1. The Morgan fingerprint density at radius 2 is 2.16 bits per heavy atom. The second kappa shape index (κ2) is 5.65. The highest BCUT2D eigenvalue weighted by molar-refractivity contribution is 5.60. The summed E-state index contributed by atoms with van der Waals surface area (Å²) in [6.07, 6.45) is 1.00. The van der Waals surface area contributed by atoms with Gasteiger partial charge in [-0.3, -0.25) is 5.10 Å². The van der Waals surface area contributed by atoms with Gasteiger partial charge in [0.25, 0.3) is 0 Å². The summed E-state index contributed by atoms with van der Waals surface area (Å²) in [6.45, 7) is 2.84. The molecule has 0 saturated carbocycles. The fourth-order valence-electron chi connectivity index (χ4n) is 2.05. The van der Waals surface area contributed by atoms with E-state index in [1.54, 1.807) is 7.11 Å². The molecule has 0 atom stereocenters. The van der Waals surface area contributed by atoms with E-state index >= 15 is 0 Å². The largest absolute Gasteiger partial charge is 0.495 e. The summed E-state index contributed by atoms with van der Waals surface area (Å²) in [6, 6.07) is 8.08. The maximum absolute atomic E-state index is 5.61. The van der Waals surface area contributed by atoms with Gasteiger partial charge in [-0.15, -0.1) is 0 Å². The molecule has 0 saturated heterocycles. The van der Waals surface area contributed by atoms with E-state index in [1.807, 2.05) is 19.2 Å².